The van der Waals surface area contributed by atoms with Gasteiger partial charge in [-0.05, 0) is 81.3 Å². The molecular formula is C34H44O7. The molecule has 7 atom stereocenters. The minimum absolute atomic E-state index is 0.143. The van der Waals surface area contributed by atoms with Gasteiger partial charge in [-0.2, -0.15) is 0 Å². The predicted octanol–water partition coefficient (Wildman–Crippen LogP) is 4.89. The van der Waals surface area contributed by atoms with Gasteiger partial charge < -0.3 is 24.4 Å². The zero-order chi connectivity index (χ0) is 28.7. The van der Waals surface area contributed by atoms with Gasteiger partial charge in [0.2, 0.25) is 0 Å². The number of carbonyl (C=O) groups excluding carboxylic acids is 2. The summed E-state index contributed by atoms with van der Waals surface area (Å²) in [6.07, 6.45) is 12.7. The van der Waals surface area contributed by atoms with Crippen molar-refractivity contribution in [2.45, 2.75) is 122 Å². The lowest BCUT2D eigenvalue weighted by Crippen LogP contribution is -2.84. The number of hydrogen-bond donors (Lipinski definition) is 2. The van der Waals surface area contributed by atoms with E-state index < -0.39 is 39.5 Å². The van der Waals surface area contributed by atoms with Crippen molar-refractivity contribution in [3.63, 3.8) is 0 Å². The van der Waals surface area contributed by atoms with Gasteiger partial charge in [-0.1, -0.05) is 32.1 Å². The number of ether oxygens (including phenoxy) is 3. The molecule has 7 aliphatic rings. The van der Waals surface area contributed by atoms with Crippen molar-refractivity contribution in [3.8, 4) is 11.8 Å². The van der Waals surface area contributed by atoms with E-state index >= 15 is 0 Å². The van der Waals surface area contributed by atoms with Crippen molar-refractivity contribution >= 4 is 11.9 Å². The summed E-state index contributed by atoms with van der Waals surface area (Å²) in [4.78, 5) is 26.3. The van der Waals surface area contributed by atoms with E-state index in [1.165, 1.54) is 0 Å². The van der Waals surface area contributed by atoms with Gasteiger partial charge in [-0.25, -0.2) is 4.79 Å². The molecule has 222 valence electrons. The zero-order valence-corrected chi connectivity index (χ0v) is 24.6. The SMILES string of the molecule is CC12C#CCC3(CCCCC3)C(=O)OC(C1)C13C4=COC2(CCC2=CC(=O)OC2)C1(CO)C(O)CCC3(C)CCC4. The molecule has 0 aromatic carbocycles. The van der Waals surface area contributed by atoms with E-state index in [2.05, 4.69) is 25.7 Å². The zero-order valence-electron chi connectivity index (χ0n) is 24.6. The van der Waals surface area contributed by atoms with E-state index in [0.29, 0.717) is 32.1 Å². The average Bonchev–Trinajstić information content (AvgIpc) is 3.39. The van der Waals surface area contributed by atoms with Gasteiger partial charge in [-0.3, -0.25) is 4.79 Å². The Morgan fingerprint density at radius 1 is 1.07 bits per heavy atom. The topological polar surface area (TPSA) is 102 Å². The number of rotatable bonds is 4. The van der Waals surface area contributed by atoms with Crippen LogP contribution < -0.4 is 0 Å². The first kappa shape index (κ1) is 27.5. The van der Waals surface area contributed by atoms with Crippen LogP contribution in [0.2, 0.25) is 0 Å². The van der Waals surface area contributed by atoms with Crippen LogP contribution in [0.15, 0.2) is 23.5 Å². The molecule has 3 heterocycles. The number of esters is 2. The molecule has 41 heavy (non-hydrogen) atoms. The second-order valence-corrected chi connectivity index (χ2v) is 14.7. The van der Waals surface area contributed by atoms with Crippen molar-refractivity contribution in [1.29, 1.82) is 0 Å². The largest absolute Gasteiger partial charge is 0.492 e. The maximum Gasteiger partial charge on any atom is 0.331 e. The van der Waals surface area contributed by atoms with Crippen LogP contribution in [0.4, 0.5) is 0 Å². The molecule has 0 aromatic rings. The summed E-state index contributed by atoms with van der Waals surface area (Å²) in [5.74, 6) is 6.65. The molecule has 7 unspecified atom stereocenters. The first-order valence-corrected chi connectivity index (χ1v) is 15.9. The molecule has 4 saturated carbocycles. The Morgan fingerprint density at radius 3 is 2.61 bits per heavy atom. The van der Waals surface area contributed by atoms with Gasteiger partial charge in [0.15, 0.2) is 0 Å². The Labute approximate surface area is 243 Å². The molecule has 2 spiro atoms. The Balaban J connectivity index is 1.48. The smallest absolute Gasteiger partial charge is 0.331 e. The van der Waals surface area contributed by atoms with Crippen LogP contribution in [-0.4, -0.2) is 53.2 Å². The average molecular weight is 565 g/mol. The first-order valence-electron chi connectivity index (χ1n) is 15.9. The fourth-order valence-corrected chi connectivity index (χ4v) is 11.2. The highest BCUT2D eigenvalue weighted by Gasteiger charge is 2.85. The van der Waals surface area contributed by atoms with Gasteiger partial charge in [0.25, 0.3) is 0 Å². The van der Waals surface area contributed by atoms with Gasteiger partial charge in [0.05, 0.1) is 40.6 Å². The maximum absolute atomic E-state index is 14.3. The Kier molecular flexibility index (Phi) is 6.11. The highest BCUT2D eigenvalue weighted by atomic mass is 16.6. The van der Waals surface area contributed by atoms with Crippen LogP contribution in [0.3, 0.4) is 0 Å². The molecule has 0 aromatic heterocycles. The molecule has 7 nitrogen and oxygen atoms in total. The normalized spacial score (nSPS) is 45.8. The fourth-order valence-electron chi connectivity index (χ4n) is 11.2. The van der Waals surface area contributed by atoms with Crippen LogP contribution in [0.25, 0.3) is 0 Å². The Bertz CT molecular complexity index is 1280. The van der Waals surface area contributed by atoms with E-state index in [0.717, 1.165) is 68.9 Å². The molecule has 2 N–H and O–H groups in total. The number of aliphatic hydroxyl groups excluding tert-OH is 2. The lowest BCUT2D eigenvalue weighted by molar-refractivity contribution is -0.364. The van der Waals surface area contributed by atoms with Crippen LogP contribution in [0.1, 0.15) is 104 Å². The van der Waals surface area contributed by atoms with E-state index in [9.17, 15) is 19.8 Å². The van der Waals surface area contributed by atoms with Gasteiger partial charge >= 0.3 is 11.9 Å². The van der Waals surface area contributed by atoms with Crippen molar-refractivity contribution in [3.05, 3.63) is 23.5 Å². The first-order chi connectivity index (χ1) is 19.6. The third kappa shape index (κ3) is 3.24. The standard InChI is InChI=1S/C34H44O7/c1-29-11-6-8-24-21-40-33(17-9-23-18-27(37)39-20-23)30(2)12-7-15-31(13-4-3-5-14-31)28(38)41-26(19-30)34(24,29)32(33,22-35)25(36)10-16-29/h18,21,25-26,35-36H,3-6,8-11,13-17,19-20,22H2,1-2H3. The minimum Gasteiger partial charge on any atom is -0.492 e. The van der Waals surface area contributed by atoms with Crippen LogP contribution in [0.5, 0.6) is 0 Å². The summed E-state index contributed by atoms with van der Waals surface area (Å²) >= 11 is 0. The highest BCUT2D eigenvalue weighted by Crippen LogP contribution is 2.80. The molecule has 3 aliphatic heterocycles. The number of aliphatic hydroxyl groups is 2. The van der Waals surface area contributed by atoms with Crippen LogP contribution in [0, 0.1) is 38.9 Å². The predicted molar refractivity (Wildman–Crippen MR) is 150 cm³/mol. The lowest BCUT2D eigenvalue weighted by atomic mass is 9.28. The third-order valence-corrected chi connectivity index (χ3v) is 13.0. The second kappa shape index (κ2) is 9.10. The molecule has 4 bridgehead atoms. The van der Waals surface area contributed by atoms with E-state index in [4.69, 9.17) is 14.2 Å². The van der Waals surface area contributed by atoms with Gasteiger partial charge in [0, 0.05) is 18.9 Å². The van der Waals surface area contributed by atoms with Crippen molar-refractivity contribution in [2.75, 3.05) is 13.2 Å². The molecule has 7 heteroatoms. The summed E-state index contributed by atoms with van der Waals surface area (Å²) < 4.78 is 19.1. The molecule has 7 rings (SSSR count). The quantitative estimate of drug-likeness (QED) is 0.370. The van der Waals surface area contributed by atoms with Crippen LogP contribution >= 0.6 is 0 Å². The molecule has 0 saturated heterocycles. The summed E-state index contributed by atoms with van der Waals surface area (Å²) in [7, 11) is 0. The minimum atomic E-state index is -1.14. The maximum atomic E-state index is 14.3. The van der Waals surface area contributed by atoms with E-state index in [-0.39, 0.29) is 30.6 Å². The molecule has 4 aliphatic carbocycles. The second-order valence-electron chi connectivity index (χ2n) is 14.7. The monoisotopic (exact) mass is 564 g/mol. The number of fused-ring (bicyclic) bond motifs is 3. The fraction of sp³-hybridized carbons (Fsp3) is 0.765. The van der Waals surface area contributed by atoms with Crippen molar-refractivity contribution in [2.24, 2.45) is 27.1 Å². The van der Waals surface area contributed by atoms with Gasteiger partial charge in [-0.15, -0.1) is 5.92 Å². The molecular weight excluding hydrogens is 520 g/mol. The summed E-state index contributed by atoms with van der Waals surface area (Å²) in [5, 5.41) is 24.1. The molecule has 0 amide bonds. The summed E-state index contributed by atoms with van der Waals surface area (Å²) in [6.45, 7) is 4.34. The Morgan fingerprint density at radius 2 is 1.88 bits per heavy atom. The number of hydrogen-bond acceptors (Lipinski definition) is 7. The van der Waals surface area contributed by atoms with E-state index in [1.807, 2.05) is 6.26 Å². The van der Waals surface area contributed by atoms with Crippen molar-refractivity contribution in [1.82, 2.24) is 0 Å². The summed E-state index contributed by atoms with van der Waals surface area (Å²) in [6, 6.07) is 0. The highest BCUT2D eigenvalue weighted by molar-refractivity contribution is 5.85. The molecule has 0 radical (unpaired) electrons. The Hall–Kier alpha value is -2.30. The van der Waals surface area contributed by atoms with E-state index in [1.54, 1.807) is 6.08 Å². The molecule has 4 fully saturated rings. The van der Waals surface area contributed by atoms with Gasteiger partial charge in [0.1, 0.15) is 18.3 Å². The lowest BCUT2D eigenvalue weighted by Gasteiger charge is -2.78. The summed E-state index contributed by atoms with van der Waals surface area (Å²) in [5.41, 5.74) is -2.77. The van der Waals surface area contributed by atoms with Crippen molar-refractivity contribution < 1.29 is 34.0 Å². The number of carbonyl (C=O) groups is 2. The number of cyclic esters (lactones) is 1. The van der Waals surface area contributed by atoms with Crippen LogP contribution in [-0.2, 0) is 23.8 Å². The third-order valence-electron chi connectivity index (χ3n) is 13.0.